The van der Waals surface area contributed by atoms with Crippen LogP contribution < -0.4 is 22.0 Å². The van der Waals surface area contributed by atoms with Crippen LogP contribution in [0.15, 0.2) is 111 Å². The molecule has 0 atom stereocenters. The molecule has 194 valence electrons. The largest absolute Gasteiger partial charge is 0.324 e. The lowest BCUT2D eigenvalue weighted by atomic mass is 10.2. The molecule has 0 unspecified atom stereocenters. The van der Waals surface area contributed by atoms with E-state index >= 15 is 0 Å². The van der Waals surface area contributed by atoms with E-state index in [9.17, 15) is 0 Å². The number of aromatic nitrogens is 5. The van der Waals surface area contributed by atoms with Crippen LogP contribution in [0.1, 0.15) is 0 Å². The molecular weight excluding hydrogens is 510 g/mol. The minimum absolute atomic E-state index is 0.671. The number of fused-ring (bicyclic) bond motifs is 20. The fourth-order valence-corrected chi connectivity index (χ4v) is 5.89. The highest BCUT2D eigenvalue weighted by molar-refractivity contribution is 6.01. The van der Waals surface area contributed by atoms with Crippen molar-refractivity contribution in [1.82, 2.24) is 24.5 Å². The monoisotopic (exact) mass is 531 g/mol. The summed E-state index contributed by atoms with van der Waals surface area (Å²) < 4.78 is 2.05. The number of nitrogens with one attached hydrogen (secondary N) is 3. The molecule has 41 heavy (non-hydrogen) atoms. The Labute approximate surface area is 231 Å². The number of rotatable bonds is 0. The van der Waals surface area contributed by atoms with Gasteiger partial charge in [0.25, 0.3) is 0 Å². The van der Waals surface area contributed by atoms with E-state index < -0.39 is 0 Å². The van der Waals surface area contributed by atoms with Gasteiger partial charge in [0.05, 0.1) is 0 Å². The van der Waals surface area contributed by atoms with Crippen molar-refractivity contribution in [3.63, 3.8) is 0 Å². The van der Waals surface area contributed by atoms with Gasteiger partial charge in [-0.05, 0) is 6.07 Å². The van der Waals surface area contributed by atoms with Crippen LogP contribution in [0.4, 0.5) is 23.3 Å². The van der Waals surface area contributed by atoms with Gasteiger partial charge in [-0.25, -0.2) is 20.0 Å². The molecule has 0 saturated carbocycles. The average molecular weight is 532 g/mol. The van der Waals surface area contributed by atoms with E-state index in [2.05, 4.69) is 56.3 Å². The first-order valence-corrected chi connectivity index (χ1v) is 13.3. The van der Waals surface area contributed by atoms with Gasteiger partial charge >= 0.3 is 0 Å². The molecule has 0 saturated heterocycles. The third-order valence-corrected chi connectivity index (χ3v) is 7.84. The Bertz CT molecular complexity index is 2430. The van der Waals surface area contributed by atoms with Crippen LogP contribution in [0.3, 0.4) is 0 Å². The van der Waals surface area contributed by atoms with E-state index in [1.807, 2.05) is 60.3 Å². The van der Waals surface area contributed by atoms with Crippen molar-refractivity contribution in [2.75, 3.05) is 0 Å². The smallest absolute Gasteiger partial charge is 0.144 e. The summed E-state index contributed by atoms with van der Waals surface area (Å²) in [5.74, 6) is 2.98. The minimum atomic E-state index is 0.671. The Morgan fingerprint density at radius 3 is 1.41 bits per heavy atom. The topological polar surface area (TPSA) is 115 Å². The zero-order valence-electron chi connectivity index (χ0n) is 21.8. The zero-order chi connectivity index (χ0) is 27.1. The summed E-state index contributed by atoms with van der Waals surface area (Å²) in [6.07, 6.45) is 3.59. The summed E-state index contributed by atoms with van der Waals surface area (Å²) >= 11 is 0. The molecule has 9 nitrogen and oxygen atoms in total. The van der Waals surface area contributed by atoms with E-state index in [0.717, 1.165) is 65.7 Å². The van der Waals surface area contributed by atoms with Crippen molar-refractivity contribution in [2.45, 2.75) is 0 Å². The summed E-state index contributed by atoms with van der Waals surface area (Å²) in [5, 5.41) is 7.77. The van der Waals surface area contributed by atoms with Gasteiger partial charge in [0.1, 0.15) is 45.2 Å². The SMILES string of the molecule is Cn1c2c3ccccc3c1N=c1[nH]c(c3ccccc13)=Nc1[nH]c(c3ccncc13)N=c1[nH]c(c3ccccc13)=N2. The first-order chi connectivity index (χ1) is 20.2. The van der Waals surface area contributed by atoms with Gasteiger partial charge in [-0.15, -0.1) is 0 Å². The van der Waals surface area contributed by atoms with Crippen LogP contribution in [0.2, 0.25) is 0 Å². The minimum Gasteiger partial charge on any atom is -0.324 e. The van der Waals surface area contributed by atoms with Gasteiger partial charge in [0, 0.05) is 62.5 Å². The van der Waals surface area contributed by atoms with Crippen molar-refractivity contribution in [1.29, 1.82) is 0 Å². The first kappa shape index (κ1) is 22.0. The van der Waals surface area contributed by atoms with Crippen molar-refractivity contribution in [2.24, 2.45) is 27.0 Å². The highest BCUT2D eigenvalue weighted by Gasteiger charge is 2.16. The van der Waals surface area contributed by atoms with Crippen LogP contribution >= 0.6 is 0 Å². The number of H-pyrrole nitrogens is 3. The molecule has 1 aliphatic rings. The number of hydrogen-bond acceptors (Lipinski definition) is 5. The Morgan fingerprint density at radius 2 is 0.902 bits per heavy atom. The lowest BCUT2D eigenvalue weighted by molar-refractivity contribution is 0.907. The second kappa shape index (κ2) is 8.09. The molecule has 9 heteroatoms. The maximum Gasteiger partial charge on any atom is 0.144 e. The molecule has 1 aliphatic heterocycles. The number of pyridine rings is 1. The van der Waals surface area contributed by atoms with Crippen LogP contribution in [0, 0.1) is 0 Å². The molecule has 8 bridgehead atoms. The lowest BCUT2D eigenvalue weighted by Gasteiger charge is -2.00. The Morgan fingerprint density at radius 1 is 0.463 bits per heavy atom. The number of hydrogen-bond donors (Lipinski definition) is 3. The number of nitrogens with zero attached hydrogens (tertiary/aromatic N) is 6. The van der Waals surface area contributed by atoms with Crippen LogP contribution in [-0.2, 0) is 7.05 Å². The quantitative estimate of drug-likeness (QED) is 0.247. The van der Waals surface area contributed by atoms with Crippen LogP contribution in [0.25, 0.3) is 43.1 Å². The van der Waals surface area contributed by atoms with E-state index in [0.29, 0.717) is 22.6 Å². The van der Waals surface area contributed by atoms with E-state index in [-0.39, 0.29) is 0 Å². The van der Waals surface area contributed by atoms with Crippen molar-refractivity contribution in [3.8, 4) is 0 Å². The molecule has 0 spiro atoms. The van der Waals surface area contributed by atoms with Gasteiger partial charge in [0.15, 0.2) is 0 Å². The van der Waals surface area contributed by atoms with Gasteiger partial charge in [-0.1, -0.05) is 72.8 Å². The summed E-state index contributed by atoms with van der Waals surface area (Å²) in [5.41, 5.74) is 2.89. The van der Waals surface area contributed by atoms with Crippen LogP contribution in [0.5, 0.6) is 0 Å². The predicted octanol–water partition coefficient (Wildman–Crippen LogP) is 5.14. The normalized spacial score (nSPS) is 12.8. The van der Waals surface area contributed by atoms with Gasteiger partial charge in [-0.3, -0.25) is 4.98 Å². The van der Waals surface area contributed by atoms with E-state index in [1.165, 1.54) is 0 Å². The maximum atomic E-state index is 5.19. The molecule has 0 fully saturated rings. The average Bonchev–Trinajstić information content (AvgIpc) is 3.72. The zero-order valence-corrected chi connectivity index (χ0v) is 21.8. The standard InChI is InChI=1S/C32H21N9/c1-41-31-22-12-6-7-13-23(22)32(41)40-29-20-11-5-3-9-18(20)26(36-29)37-30-24-16-33-15-14-21(24)27(38-30)34-25-17-8-2-4-10-19(17)28(35-25)39-31/h2-16H,1H3,(H3,34,35,36,37,38,39,40). The maximum absolute atomic E-state index is 5.19. The molecule has 8 aromatic rings. The Kier molecular flexibility index (Phi) is 4.35. The number of aromatic amines is 3. The molecule has 6 heterocycles. The van der Waals surface area contributed by atoms with Crippen molar-refractivity contribution in [3.05, 3.63) is 113 Å². The lowest BCUT2D eigenvalue weighted by Crippen LogP contribution is -2.11. The molecule has 3 aromatic carbocycles. The highest BCUT2D eigenvalue weighted by Crippen LogP contribution is 2.37. The second-order valence-corrected chi connectivity index (χ2v) is 10.2. The fraction of sp³-hybridized carbons (Fsp3) is 0.0312. The summed E-state index contributed by atoms with van der Waals surface area (Å²) in [4.78, 5) is 35.4. The van der Waals surface area contributed by atoms with Crippen LogP contribution in [-0.4, -0.2) is 24.5 Å². The van der Waals surface area contributed by atoms with Crippen molar-refractivity contribution < 1.29 is 0 Å². The summed E-state index contributed by atoms with van der Waals surface area (Å²) in [6, 6.07) is 26.5. The van der Waals surface area contributed by atoms with Gasteiger partial charge in [-0.2, -0.15) is 0 Å². The molecule has 0 aliphatic carbocycles. The third-order valence-electron chi connectivity index (χ3n) is 7.84. The Balaban J connectivity index is 1.53. The van der Waals surface area contributed by atoms with E-state index in [4.69, 9.17) is 20.0 Å². The summed E-state index contributed by atoms with van der Waals surface area (Å²) in [7, 11) is 2.01. The molecule has 0 amide bonds. The first-order valence-electron chi connectivity index (χ1n) is 13.3. The third kappa shape index (κ3) is 3.14. The molecule has 3 N–H and O–H groups in total. The van der Waals surface area contributed by atoms with Gasteiger partial charge in [0.2, 0.25) is 0 Å². The number of benzene rings is 3. The molecular formula is C32H21N9. The Hall–Kier alpha value is -5.83. The highest BCUT2D eigenvalue weighted by atomic mass is 15.1. The fourth-order valence-electron chi connectivity index (χ4n) is 5.89. The second-order valence-electron chi connectivity index (χ2n) is 10.2. The molecule has 0 radical (unpaired) electrons. The molecule has 5 aromatic heterocycles. The van der Waals surface area contributed by atoms with Gasteiger partial charge < -0.3 is 19.5 Å². The van der Waals surface area contributed by atoms with Crippen molar-refractivity contribution >= 4 is 66.4 Å². The molecule has 9 rings (SSSR count). The summed E-state index contributed by atoms with van der Waals surface area (Å²) in [6.45, 7) is 0. The predicted molar refractivity (Wildman–Crippen MR) is 159 cm³/mol. The van der Waals surface area contributed by atoms with E-state index in [1.54, 1.807) is 6.20 Å².